The summed E-state index contributed by atoms with van der Waals surface area (Å²) in [5.74, 6) is -0.361. The van der Waals surface area contributed by atoms with Crippen LogP contribution in [0.15, 0.2) is 6.33 Å². The van der Waals surface area contributed by atoms with Crippen molar-refractivity contribution in [1.29, 1.82) is 0 Å². The van der Waals surface area contributed by atoms with Crippen molar-refractivity contribution in [3.8, 4) is 0 Å². The summed E-state index contributed by atoms with van der Waals surface area (Å²) >= 11 is 6.11. The minimum absolute atomic E-state index is 0.0556. The average Bonchev–Trinajstić information content (AvgIpc) is 3.42. The lowest BCUT2D eigenvalue weighted by Crippen LogP contribution is -2.46. The van der Waals surface area contributed by atoms with Crippen LogP contribution in [0, 0.1) is 0 Å². The van der Waals surface area contributed by atoms with E-state index in [2.05, 4.69) is 20.3 Å². The van der Waals surface area contributed by atoms with Crippen molar-refractivity contribution >= 4 is 42.1 Å². The summed E-state index contributed by atoms with van der Waals surface area (Å²) in [5, 5.41) is 25.0. The zero-order valence-corrected chi connectivity index (χ0v) is 20.6. The Labute approximate surface area is 201 Å². The van der Waals surface area contributed by atoms with Crippen LogP contribution in [0.1, 0.15) is 38.8 Å². The smallest absolute Gasteiger partial charge is 0.334 e. The summed E-state index contributed by atoms with van der Waals surface area (Å²) in [5.41, 5.74) is 0.579. The molecule has 0 saturated heterocycles. The van der Waals surface area contributed by atoms with E-state index in [1.165, 1.54) is 18.0 Å². The van der Waals surface area contributed by atoms with Crippen LogP contribution in [0.25, 0.3) is 11.2 Å². The molecule has 2 heterocycles. The van der Waals surface area contributed by atoms with Crippen molar-refractivity contribution in [3.63, 3.8) is 0 Å². The molecule has 0 spiro atoms. The molecule has 13 nitrogen and oxygen atoms in total. The van der Waals surface area contributed by atoms with Crippen LogP contribution in [0.3, 0.4) is 0 Å². The van der Waals surface area contributed by atoms with Crippen LogP contribution < -0.4 is 5.32 Å². The molecule has 0 aliphatic heterocycles. The topological polar surface area (TPSA) is 183 Å². The van der Waals surface area contributed by atoms with E-state index >= 15 is 0 Å². The number of aromatic nitrogens is 4. The maximum atomic E-state index is 12.2. The normalized spacial score (nSPS) is 17.6. The van der Waals surface area contributed by atoms with Gasteiger partial charge in [-0.2, -0.15) is 9.97 Å². The van der Waals surface area contributed by atoms with E-state index in [4.69, 9.17) is 26.1 Å². The van der Waals surface area contributed by atoms with Crippen LogP contribution in [0.2, 0.25) is 5.28 Å². The number of halogens is 1. The van der Waals surface area contributed by atoms with Gasteiger partial charge in [0.2, 0.25) is 11.2 Å². The fourth-order valence-corrected chi connectivity index (χ4v) is 4.74. The van der Waals surface area contributed by atoms with Gasteiger partial charge in [0.05, 0.1) is 6.33 Å². The highest BCUT2D eigenvalue weighted by Gasteiger charge is 2.33. The Morgan fingerprint density at radius 2 is 2.03 bits per heavy atom. The van der Waals surface area contributed by atoms with E-state index in [0.717, 1.165) is 30.6 Å². The molecule has 1 amide bonds. The molecule has 15 heteroatoms. The Bertz CT molecular complexity index is 1040. The first-order valence-electron chi connectivity index (χ1n) is 10.9. The number of methoxy groups -OCH3 is 1. The number of hydrogen-bond acceptors (Lipinski definition) is 9. The molecule has 2 aromatic rings. The second kappa shape index (κ2) is 11.3. The van der Waals surface area contributed by atoms with Gasteiger partial charge >= 0.3 is 7.60 Å². The van der Waals surface area contributed by atoms with Gasteiger partial charge in [0, 0.05) is 26.2 Å². The first-order valence-corrected chi connectivity index (χ1v) is 13.1. The van der Waals surface area contributed by atoms with Gasteiger partial charge in [0.1, 0.15) is 18.4 Å². The molecule has 5 N–H and O–H groups in total. The Hall–Kier alpha value is -1.86. The Morgan fingerprint density at radius 1 is 1.35 bits per heavy atom. The van der Waals surface area contributed by atoms with E-state index in [0.29, 0.717) is 11.3 Å². The molecule has 0 bridgehead atoms. The molecule has 1 saturated carbocycles. The molecule has 0 radical (unpaired) electrons. The quantitative estimate of drug-likeness (QED) is 0.208. The van der Waals surface area contributed by atoms with Gasteiger partial charge < -0.3 is 35.0 Å². The molecule has 0 aromatic carbocycles. The van der Waals surface area contributed by atoms with Crippen molar-refractivity contribution in [2.24, 2.45) is 0 Å². The summed E-state index contributed by atoms with van der Waals surface area (Å²) < 4.78 is 17.7. The third-order valence-corrected chi connectivity index (χ3v) is 6.69. The minimum Gasteiger partial charge on any atom is -0.386 e. The first-order chi connectivity index (χ1) is 16.0. The third kappa shape index (κ3) is 6.42. The molecule has 1 fully saturated rings. The molecule has 1 aliphatic carbocycles. The van der Waals surface area contributed by atoms with Crippen LogP contribution in [-0.4, -0.2) is 94.9 Å². The molecule has 3 atom stereocenters. The van der Waals surface area contributed by atoms with Crippen molar-refractivity contribution in [1.82, 2.24) is 24.4 Å². The number of nitrogens with zero attached hydrogens (tertiary/aromatic N) is 5. The molecule has 2 aromatic heterocycles. The zero-order chi connectivity index (χ0) is 25.0. The van der Waals surface area contributed by atoms with Gasteiger partial charge in [-0.1, -0.05) is 12.8 Å². The van der Waals surface area contributed by atoms with Crippen molar-refractivity contribution < 1.29 is 34.1 Å². The van der Waals surface area contributed by atoms with Gasteiger partial charge in [0.15, 0.2) is 23.2 Å². The summed E-state index contributed by atoms with van der Waals surface area (Å²) in [6.45, 7) is 1.53. The predicted molar refractivity (Wildman–Crippen MR) is 123 cm³/mol. The van der Waals surface area contributed by atoms with Gasteiger partial charge in [-0.05, 0) is 31.4 Å². The first kappa shape index (κ1) is 26.7. The van der Waals surface area contributed by atoms with E-state index in [9.17, 15) is 19.6 Å². The maximum absolute atomic E-state index is 12.2. The molecule has 0 unspecified atom stereocenters. The number of rotatable bonds is 11. The average molecular weight is 521 g/mol. The summed E-state index contributed by atoms with van der Waals surface area (Å²) in [6.07, 6.45) is 0.355. The Morgan fingerprint density at radius 3 is 2.62 bits per heavy atom. The van der Waals surface area contributed by atoms with Crippen LogP contribution in [0.5, 0.6) is 0 Å². The predicted octanol–water partition coefficient (Wildman–Crippen LogP) is 0.727. The maximum Gasteiger partial charge on any atom is 0.334 e. The largest absolute Gasteiger partial charge is 0.386 e. The number of fused-ring (bicyclic) bond motifs is 1. The van der Waals surface area contributed by atoms with E-state index in [1.54, 1.807) is 6.92 Å². The van der Waals surface area contributed by atoms with Crippen LogP contribution in [-0.2, 0) is 14.1 Å². The SMILES string of the molecule is CCN(C[C@@H](OC)[C@@H](O)[C@@H](O)n1cnc2c(NC3CCCC3)nc(Cl)nc21)C(=O)CP(=O)(O)O. The molecule has 190 valence electrons. The number of hydrogen-bond donors (Lipinski definition) is 5. The lowest BCUT2D eigenvalue weighted by molar-refractivity contribution is -0.137. The fourth-order valence-electron chi connectivity index (χ4n) is 4.03. The second-order valence-corrected chi connectivity index (χ2v) is 10.2. The van der Waals surface area contributed by atoms with E-state index < -0.39 is 38.1 Å². The Kier molecular flexibility index (Phi) is 8.85. The van der Waals surface area contributed by atoms with E-state index in [-0.39, 0.29) is 30.1 Å². The second-order valence-electron chi connectivity index (χ2n) is 8.22. The van der Waals surface area contributed by atoms with Crippen molar-refractivity contribution in [3.05, 3.63) is 11.6 Å². The number of likely N-dealkylation sites (N-methyl/N-ethyl adjacent to an activating group) is 1. The van der Waals surface area contributed by atoms with Gasteiger partial charge in [-0.3, -0.25) is 13.9 Å². The fraction of sp³-hybridized carbons (Fsp3) is 0.684. The summed E-state index contributed by atoms with van der Waals surface area (Å²) in [6, 6.07) is 0.235. The summed E-state index contributed by atoms with van der Waals surface area (Å²) in [4.78, 5) is 44.2. The van der Waals surface area contributed by atoms with Crippen LogP contribution in [0.4, 0.5) is 5.82 Å². The lowest BCUT2D eigenvalue weighted by Gasteiger charge is -2.31. The number of imidazole rings is 1. The van der Waals surface area contributed by atoms with E-state index in [1.807, 2.05) is 0 Å². The lowest BCUT2D eigenvalue weighted by atomic mass is 10.1. The van der Waals surface area contributed by atoms with Crippen molar-refractivity contribution in [2.75, 3.05) is 31.7 Å². The number of aliphatic hydroxyl groups excluding tert-OH is 2. The number of nitrogens with one attached hydrogen (secondary N) is 1. The standard InChI is InChI=1S/C19H30ClN6O7P/c1-3-25(13(27)9-34(30,31)32)8-12(33-2)15(28)18(29)26-10-21-14-16(22-11-6-4-5-7-11)23-19(20)24-17(14)26/h10-12,15,18,28-29H,3-9H2,1-2H3,(H,22,23,24)(H2,30,31,32)/t12-,15-,18-/m1/s1. The summed E-state index contributed by atoms with van der Waals surface area (Å²) in [7, 11) is -3.27. The van der Waals surface area contributed by atoms with Crippen LogP contribution >= 0.6 is 19.2 Å². The number of carbonyl (C=O) groups is 1. The highest BCUT2D eigenvalue weighted by atomic mass is 35.5. The Balaban J connectivity index is 1.81. The highest BCUT2D eigenvalue weighted by Crippen LogP contribution is 2.34. The minimum atomic E-state index is -4.56. The molecular formula is C19H30ClN6O7P. The van der Waals surface area contributed by atoms with Gasteiger partial charge in [-0.25, -0.2) is 4.98 Å². The number of carbonyl (C=O) groups excluding carboxylic acids is 1. The number of amides is 1. The number of anilines is 1. The zero-order valence-electron chi connectivity index (χ0n) is 18.9. The number of aliphatic hydroxyl groups is 2. The van der Waals surface area contributed by atoms with Gasteiger partial charge in [-0.15, -0.1) is 0 Å². The molecule has 1 aliphatic rings. The monoisotopic (exact) mass is 520 g/mol. The molecule has 3 rings (SSSR count). The van der Waals surface area contributed by atoms with Crippen molar-refractivity contribution in [2.45, 2.75) is 57.1 Å². The highest BCUT2D eigenvalue weighted by molar-refractivity contribution is 7.52. The molecule has 34 heavy (non-hydrogen) atoms. The third-order valence-electron chi connectivity index (χ3n) is 5.84. The van der Waals surface area contributed by atoms with Gasteiger partial charge in [0.25, 0.3) is 0 Å². The molecular weight excluding hydrogens is 491 g/mol. The number of ether oxygens (including phenoxy) is 1.